The van der Waals surface area contributed by atoms with Gasteiger partial charge in [0, 0.05) is 5.56 Å². The Balaban J connectivity index is 1.71. The van der Waals surface area contributed by atoms with Gasteiger partial charge in [-0.05, 0) is 51.5 Å². The second kappa shape index (κ2) is 9.36. The Bertz CT molecular complexity index is 1040. The van der Waals surface area contributed by atoms with Gasteiger partial charge in [-0.3, -0.25) is 4.79 Å². The van der Waals surface area contributed by atoms with E-state index in [9.17, 15) is 14.9 Å². The van der Waals surface area contributed by atoms with Crippen LogP contribution in [0.5, 0.6) is 11.5 Å². The van der Waals surface area contributed by atoms with E-state index in [1.54, 1.807) is 30.3 Å². The monoisotopic (exact) mass is 483 g/mol. The number of benzene rings is 2. The van der Waals surface area contributed by atoms with Crippen LogP contribution in [0.15, 0.2) is 65.2 Å². The zero-order valence-electron chi connectivity index (χ0n) is 17.4. The number of hydrogen-bond acceptors (Lipinski definition) is 6. The highest BCUT2D eigenvalue weighted by Gasteiger charge is 2.62. The van der Waals surface area contributed by atoms with Crippen molar-refractivity contribution in [2.45, 2.75) is 20.0 Å². The average molecular weight is 484 g/mol. The van der Waals surface area contributed by atoms with Crippen LogP contribution in [0.3, 0.4) is 0 Å². The molecular formula is C24H22BrNO5. The van der Waals surface area contributed by atoms with Crippen molar-refractivity contribution in [1.29, 1.82) is 5.26 Å². The molecule has 0 unspecified atom stereocenters. The van der Waals surface area contributed by atoms with E-state index in [-0.39, 0.29) is 10.4 Å². The van der Waals surface area contributed by atoms with Crippen molar-refractivity contribution in [3.63, 3.8) is 0 Å². The molecule has 160 valence electrons. The maximum absolute atomic E-state index is 12.8. The van der Waals surface area contributed by atoms with Gasteiger partial charge >= 0.3 is 11.9 Å². The van der Waals surface area contributed by atoms with Crippen molar-refractivity contribution >= 4 is 27.9 Å². The molecule has 6 nitrogen and oxygen atoms in total. The first-order valence-electron chi connectivity index (χ1n) is 9.66. The first kappa shape index (κ1) is 22.6. The Hall–Kier alpha value is -3.11. The number of carbonyl (C=O) groups is 2. The molecule has 2 aromatic carbocycles. The summed E-state index contributed by atoms with van der Waals surface area (Å²) in [5, 5.41) is 9.61. The Morgan fingerprint density at radius 3 is 2.45 bits per heavy atom. The minimum absolute atomic E-state index is 0.208. The number of allylic oxidation sites excluding steroid dienone is 1. The highest BCUT2D eigenvalue weighted by atomic mass is 79.9. The molecule has 1 saturated carbocycles. The van der Waals surface area contributed by atoms with Crippen LogP contribution in [0.2, 0.25) is 0 Å². The summed E-state index contributed by atoms with van der Waals surface area (Å²) >= 11 is 3.18. The second-order valence-corrected chi connectivity index (χ2v) is 8.62. The molecule has 0 radical (unpaired) electrons. The Kier molecular flexibility index (Phi) is 6.81. The molecule has 0 spiro atoms. The number of esters is 2. The van der Waals surface area contributed by atoms with Crippen LogP contribution >= 0.6 is 15.9 Å². The van der Waals surface area contributed by atoms with Crippen molar-refractivity contribution in [3.05, 3.63) is 70.7 Å². The van der Waals surface area contributed by atoms with Crippen molar-refractivity contribution < 1.29 is 23.8 Å². The molecule has 1 aliphatic rings. The van der Waals surface area contributed by atoms with Crippen LogP contribution in [0, 0.1) is 28.6 Å². The van der Waals surface area contributed by atoms with E-state index < -0.39 is 29.4 Å². The quantitative estimate of drug-likeness (QED) is 0.391. The maximum Gasteiger partial charge on any atom is 0.344 e. The highest BCUT2D eigenvalue weighted by Crippen LogP contribution is 2.60. The van der Waals surface area contributed by atoms with Crippen LogP contribution in [0.25, 0.3) is 0 Å². The average Bonchev–Trinajstić information content (AvgIpc) is 3.31. The number of nitrogens with zero attached hydrogens (tertiary/aromatic N) is 1. The van der Waals surface area contributed by atoms with E-state index in [1.165, 1.54) is 7.11 Å². The van der Waals surface area contributed by atoms with E-state index in [0.717, 1.165) is 0 Å². The van der Waals surface area contributed by atoms with Gasteiger partial charge in [0.1, 0.15) is 17.6 Å². The summed E-state index contributed by atoms with van der Waals surface area (Å²) in [6.45, 7) is 3.82. The van der Waals surface area contributed by atoms with Gasteiger partial charge in [0.15, 0.2) is 0 Å². The van der Waals surface area contributed by atoms with Gasteiger partial charge in [0.25, 0.3) is 0 Å². The van der Waals surface area contributed by atoms with Gasteiger partial charge in [-0.15, -0.1) is 0 Å². The lowest BCUT2D eigenvalue weighted by molar-refractivity contribution is -0.149. The number of para-hydroxylation sites is 1. The van der Waals surface area contributed by atoms with Crippen molar-refractivity contribution in [2.75, 3.05) is 7.11 Å². The number of carbonyl (C=O) groups excluding carboxylic acids is 2. The summed E-state index contributed by atoms with van der Waals surface area (Å²) in [6.07, 6.45) is 0.588. The normalized spacial score (nSPS) is 20.2. The third kappa shape index (κ3) is 5.15. The topological polar surface area (TPSA) is 85.6 Å². The first-order valence-corrected chi connectivity index (χ1v) is 10.5. The van der Waals surface area contributed by atoms with Crippen LogP contribution in [0.4, 0.5) is 0 Å². The lowest BCUT2D eigenvalue weighted by Gasteiger charge is -2.13. The van der Waals surface area contributed by atoms with E-state index in [2.05, 4.69) is 20.7 Å². The third-order valence-corrected chi connectivity index (χ3v) is 5.95. The summed E-state index contributed by atoms with van der Waals surface area (Å²) in [5.41, 5.74) is 0.119. The molecule has 3 atom stereocenters. The number of rotatable bonds is 7. The fraction of sp³-hybridized carbons (Fsp3) is 0.292. The van der Waals surface area contributed by atoms with Crippen LogP contribution < -0.4 is 4.74 Å². The number of ether oxygens (including phenoxy) is 3. The van der Waals surface area contributed by atoms with Crippen molar-refractivity contribution in [3.8, 4) is 17.6 Å². The lowest BCUT2D eigenvalue weighted by atomic mass is 10.1. The maximum atomic E-state index is 12.8. The van der Waals surface area contributed by atoms with Gasteiger partial charge in [-0.2, -0.15) is 5.26 Å². The molecule has 7 heteroatoms. The molecule has 1 fully saturated rings. The summed E-state index contributed by atoms with van der Waals surface area (Å²) in [7, 11) is 1.29. The number of halogens is 1. The van der Waals surface area contributed by atoms with Gasteiger partial charge < -0.3 is 14.2 Å². The fourth-order valence-corrected chi connectivity index (χ4v) is 3.93. The van der Waals surface area contributed by atoms with E-state index in [4.69, 9.17) is 9.47 Å². The molecule has 1 aliphatic carbocycles. The number of methoxy groups -OCH3 is 1. The zero-order valence-corrected chi connectivity index (χ0v) is 19.0. The SMILES string of the molecule is COC(=O)/C(Br)=C/[C@H]1[C@@H](C(=O)O[C@H](C#N)c2cccc(Oc3ccccc3)c2)C1(C)C. The fourth-order valence-electron chi connectivity index (χ4n) is 3.49. The molecule has 0 amide bonds. The van der Waals surface area contributed by atoms with Crippen LogP contribution in [-0.4, -0.2) is 19.0 Å². The minimum atomic E-state index is -1.07. The Morgan fingerprint density at radius 1 is 1.13 bits per heavy atom. The molecular weight excluding hydrogens is 462 g/mol. The predicted molar refractivity (Wildman–Crippen MR) is 117 cm³/mol. The molecule has 0 saturated heterocycles. The van der Waals surface area contributed by atoms with E-state index >= 15 is 0 Å². The van der Waals surface area contributed by atoms with Crippen molar-refractivity contribution in [1.82, 2.24) is 0 Å². The molecule has 0 aromatic heterocycles. The van der Waals surface area contributed by atoms with Gasteiger partial charge in [-0.25, -0.2) is 4.79 Å². The molecule has 0 bridgehead atoms. The first-order chi connectivity index (χ1) is 14.8. The second-order valence-electron chi connectivity index (χ2n) is 7.76. The minimum Gasteiger partial charge on any atom is -0.465 e. The standard InChI is InChI=1S/C24H22BrNO5/c1-24(2)18(13-19(25)22(27)29-3)21(24)23(28)31-20(14-26)15-8-7-11-17(12-15)30-16-9-5-4-6-10-16/h4-13,18,20-21H,1-3H3/b19-13-/t18-,20+,21-/m0/s1. The zero-order chi connectivity index (χ0) is 22.6. The third-order valence-electron chi connectivity index (χ3n) is 5.36. The Morgan fingerprint density at radius 2 is 1.81 bits per heavy atom. The molecule has 0 N–H and O–H groups in total. The lowest BCUT2D eigenvalue weighted by Crippen LogP contribution is -2.14. The van der Waals surface area contributed by atoms with Gasteiger partial charge in [0.2, 0.25) is 6.10 Å². The summed E-state index contributed by atoms with van der Waals surface area (Å²) in [4.78, 5) is 24.4. The van der Waals surface area contributed by atoms with Crippen LogP contribution in [0.1, 0.15) is 25.5 Å². The van der Waals surface area contributed by atoms with Crippen LogP contribution in [-0.2, 0) is 19.1 Å². The molecule has 2 aromatic rings. The number of hydrogen-bond donors (Lipinski definition) is 0. The molecule has 0 aliphatic heterocycles. The van der Waals surface area contributed by atoms with E-state index in [1.807, 2.05) is 50.2 Å². The smallest absolute Gasteiger partial charge is 0.344 e. The predicted octanol–water partition coefficient (Wildman–Crippen LogP) is 5.31. The highest BCUT2D eigenvalue weighted by molar-refractivity contribution is 9.12. The van der Waals surface area contributed by atoms with Gasteiger partial charge in [0.05, 0.1) is 17.5 Å². The largest absolute Gasteiger partial charge is 0.465 e. The van der Waals surface area contributed by atoms with Crippen molar-refractivity contribution in [2.24, 2.45) is 17.3 Å². The summed E-state index contributed by atoms with van der Waals surface area (Å²) in [5.74, 6) is -0.479. The molecule has 3 rings (SSSR count). The van der Waals surface area contributed by atoms with Gasteiger partial charge in [-0.1, -0.05) is 50.3 Å². The summed E-state index contributed by atoms with van der Waals surface area (Å²) < 4.78 is 16.3. The molecule has 31 heavy (non-hydrogen) atoms. The Labute approximate surface area is 189 Å². The number of nitriles is 1. The summed E-state index contributed by atoms with van der Waals surface area (Å²) in [6, 6.07) is 18.2. The van der Waals surface area contributed by atoms with E-state index in [0.29, 0.717) is 17.1 Å². The molecule has 0 heterocycles.